The van der Waals surface area contributed by atoms with Crippen molar-refractivity contribution in [2.24, 2.45) is 5.92 Å². The van der Waals surface area contributed by atoms with Crippen LogP contribution in [0.25, 0.3) is 11.1 Å². The highest BCUT2D eigenvalue weighted by atomic mass is 35.5. The zero-order valence-electron chi connectivity index (χ0n) is 11.7. The molecule has 0 aromatic heterocycles. The maximum Gasteiger partial charge on any atom is 0.332 e. The van der Waals surface area contributed by atoms with Gasteiger partial charge in [0.25, 0.3) is 0 Å². The molecular formula is C17H17ClO3. The number of hydrogen-bond acceptors (Lipinski definition) is 2. The number of hydrogen-bond donors (Lipinski definition) is 2. The molecule has 0 bridgehead atoms. The summed E-state index contributed by atoms with van der Waals surface area (Å²) in [5.41, 5.74) is 2.88. The van der Waals surface area contributed by atoms with Crippen molar-refractivity contribution >= 4 is 17.6 Å². The number of rotatable bonds is 5. The van der Waals surface area contributed by atoms with E-state index in [0.29, 0.717) is 11.4 Å². The molecule has 4 heteroatoms. The number of halogens is 1. The van der Waals surface area contributed by atoms with E-state index in [1.54, 1.807) is 6.92 Å². The zero-order chi connectivity index (χ0) is 15.4. The fourth-order valence-electron chi connectivity index (χ4n) is 2.26. The van der Waals surface area contributed by atoms with Gasteiger partial charge in [0, 0.05) is 10.6 Å². The van der Waals surface area contributed by atoms with Crippen LogP contribution in [0.2, 0.25) is 5.02 Å². The molecule has 0 aliphatic rings. The van der Waals surface area contributed by atoms with Crippen molar-refractivity contribution in [2.45, 2.75) is 19.4 Å². The molecule has 2 aromatic carbocycles. The van der Waals surface area contributed by atoms with Crippen molar-refractivity contribution in [1.82, 2.24) is 0 Å². The van der Waals surface area contributed by atoms with E-state index >= 15 is 0 Å². The van der Waals surface area contributed by atoms with Crippen molar-refractivity contribution < 1.29 is 15.0 Å². The zero-order valence-corrected chi connectivity index (χ0v) is 12.4. The van der Waals surface area contributed by atoms with Crippen molar-refractivity contribution in [3.63, 3.8) is 0 Å². The summed E-state index contributed by atoms with van der Waals surface area (Å²) >= 11 is 6.31. The number of carbonyl (C=O) groups is 1. The van der Waals surface area contributed by atoms with Crippen LogP contribution in [-0.2, 0) is 11.2 Å². The smallest absolute Gasteiger partial charge is 0.332 e. The van der Waals surface area contributed by atoms with E-state index in [2.05, 4.69) is 0 Å². The molecule has 0 saturated carbocycles. The third-order valence-corrected chi connectivity index (χ3v) is 3.78. The lowest BCUT2D eigenvalue weighted by Gasteiger charge is -2.15. The number of aliphatic hydroxyl groups is 1. The average molecular weight is 305 g/mol. The SMILES string of the molecule is CC(Cc1ccc(-c2ccccc2)c(Cl)c1)C(O)C(=O)O. The second kappa shape index (κ2) is 6.74. The van der Waals surface area contributed by atoms with Gasteiger partial charge in [-0.2, -0.15) is 0 Å². The van der Waals surface area contributed by atoms with Crippen LogP contribution in [0.1, 0.15) is 12.5 Å². The normalized spacial score (nSPS) is 13.7. The number of benzene rings is 2. The first-order valence-electron chi connectivity index (χ1n) is 6.73. The van der Waals surface area contributed by atoms with Crippen molar-refractivity contribution in [3.05, 3.63) is 59.1 Å². The van der Waals surface area contributed by atoms with E-state index in [1.165, 1.54) is 0 Å². The maximum atomic E-state index is 10.8. The van der Waals surface area contributed by atoms with Gasteiger partial charge < -0.3 is 10.2 Å². The summed E-state index contributed by atoms with van der Waals surface area (Å²) in [6.45, 7) is 1.71. The molecule has 0 amide bonds. The molecule has 0 spiro atoms. The minimum Gasteiger partial charge on any atom is -0.479 e. The summed E-state index contributed by atoms with van der Waals surface area (Å²) in [4.78, 5) is 10.8. The summed E-state index contributed by atoms with van der Waals surface area (Å²) in [5, 5.41) is 18.9. The van der Waals surface area contributed by atoms with Gasteiger partial charge >= 0.3 is 5.97 Å². The molecule has 0 heterocycles. The lowest BCUT2D eigenvalue weighted by Crippen LogP contribution is -2.28. The summed E-state index contributed by atoms with van der Waals surface area (Å²) in [5.74, 6) is -1.57. The molecule has 0 saturated heterocycles. The predicted molar refractivity (Wildman–Crippen MR) is 83.4 cm³/mol. The van der Waals surface area contributed by atoms with Crippen LogP contribution in [0.4, 0.5) is 0 Å². The van der Waals surface area contributed by atoms with Crippen LogP contribution in [0.3, 0.4) is 0 Å². The van der Waals surface area contributed by atoms with E-state index in [1.807, 2.05) is 48.5 Å². The third kappa shape index (κ3) is 3.84. The van der Waals surface area contributed by atoms with Gasteiger partial charge in [0.15, 0.2) is 6.10 Å². The third-order valence-electron chi connectivity index (χ3n) is 3.47. The minimum atomic E-state index is -1.36. The minimum absolute atomic E-state index is 0.374. The molecule has 110 valence electrons. The lowest BCUT2D eigenvalue weighted by molar-refractivity contribution is -0.149. The highest BCUT2D eigenvalue weighted by Gasteiger charge is 2.21. The van der Waals surface area contributed by atoms with Crippen LogP contribution >= 0.6 is 11.6 Å². The van der Waals surface area contributed by atoms with Gasteiger partial charge in [-0.3, -0.25) is 0 Å². The van der Waals surface area contributed by atoms with E-state index in [4.69, 9.17) is 16.7 Å². The molecule has 2 atom stereocenters. The summed E-state index contributed by atoms with van der Waals surface area (Å²) in [6.07, 6.45) is -0.903. The Bertz CT molecular complexity index is 625. The topological polar surface area (TPSA) is 57.5 Å². The first-order chi connectivity index (χ1) is 9.99. The molecule has 21 heavy (non-hydrogen) atoms. The van der Waals surface area contributed by atoms with Gasteiger partial charge in [-0.1, -0.05) is 61.0 Å². The summed E-state index contributed by atoms with van der Waals surface area (Å²) in [6, 6.07) is 15.5. The Balaban J connectivity index is 2.18. The molecular weight excluding hydrogens is 288 g/mol. The second-order valence-corrected chi connectivity index (χ2v) is 5.55. The summed E-state index contributed by atoms with van der Waals surface area (Å²) < 4.78 is 0. The first-order valence-corrected chi connectivity index (χ1v) is 7.11. The van der Waals surface area contributed by atoms with Gasteiger partial charge in [-0.15, -0.1) is 0 Å². The second-order valence-electron chi connectivity index (χ2n) is 5.14. The van der Waals surface area contributed by atoms with Crippen molar-refractivity contribution in [2.75, 3.05) is 0 Å². The molecule has 2 N–H and O–H groups in total. The standard InChI is InChI=1S/C17H17ClO3/c1-11(16(19)17(20)21)9-12-7-8-14(15(18)10-12)13-5-3-2-4-6-13/h2-8,10-11,16,19H,9H2,1H3,(H,20,21). The Hall–Kier alpha value is -1.84. The van der Waals surface area contributed by atoms with Crippen molar-refractivity contribution in [1.29, 1.82) is 0 Å². The first kappa shape index (κ1) is 15.5. The molecule has 2 rings (SSSR count). The van der Waals surface area contributed by atoms with E-state index in [9.17, 15) is 9.90 Å². The predicted octanol–water partition coefficient (Wildman–Crippen LogP) is 3.63. The van der Waals surface area contributed by atoms with E-state index in [0.717, 1.165) is 16.7 Å². The monoisotopic (exact) mass is 304 g/mol. The highest BCUT2D eigenvalue weighted by Crippen LogP contribution is 2.29. The summed E-state index contributed by atoms with van der Waals surface area (Å²) in [7, 11) is 0. The van der Waals surface area contributed by atoms with Crippen LogP contribution in [-0.4, -0.2) is 22.3 Å². The number of aliphatic carboxylic acids is 1. The molecule has 0 aliphatic heterocycles. The van der Waals surface area contributed by atoms with Crippen LogP contribution in [0.5, 0.6) is 0 Å². The molecule has 0 radical (unpaired) electrons. The highest BCUT2D eigenvalue weighted by molar-refractivity contribution is 6.33. The lowest BCUT2D eigenvalue weighted by atomic mass is 9.94. The Morgan fingerprint density at radius 3 is 2.43 bits per heavy atom. The number of carboxylic acids is 1. The van der Waals surface area contributed by atoms with Gasteiger partial charge in [0.2, 0.25) is 0 Å². The Morgan fingerprint density at radius 1 is 1.19 bits per heavy atom. The molecule has 0 aliphatic carbocycles. The van der Waals surface area contributed by atoms with E-state index in [-0.39, 0.29) is 5.92 Å². The van der Waals surface area contributed by atoms with Gasteiger partial charge in [-0.25, -0.2) is 4.79 Å². The fraction of sp³-hybridized carbons (Fsp3) is 0.235. The average Bonchev–Trinajstić information content (AvgIpc) is 2.47. The van der Waals surface area contributed by atoms with Crippen LogP contribution in [0, 0.1) is 5.92 Å². The Labute approximate surface area is 128 Å². The van der Waals surface area contributed by atoms with Crippen LogP contribution < -0.4 is 0 Å². The fourth-order valence-corrected chi connectivity index (χ4v) is 2.58. The molecule has 0 fully saturated rings. The molecule has 2 unspecified atom stereocenters. The maximum absolute atomic E-state index is 10.8. The van der Waals surface area contributed by atoms with Gasteiger partial charge in [0.1, 0.15) is 0 Å². The number of carboxylic acid groups (broad SMARTS) is 1. The Kier molecular flexibility index (Phi) is 4.99. The number of aliphatic hydroxyl groups excluding tert-OH is 1. The molecule has 2 aromatic rings. The largest absolute Gasteiger partial charge is 0.479 e. The van der Waals surface area contributed by atoms with E-state index < -0.39 is 12.1 Å². The Morgan fingerprint density at radius 2 is 1.86 bits per heavy atom. The van der Waals surface area contributed by atoms with Gasteiger partial charge in [0.05, 0.1) is 0 Å². The van der Waals surface area contributed by atoms with Gasteiger partial charge in [-0.05, 0) is 29.5 Å². The van der Waals surface area contributed by atoms with Crippen LogP contribution in [0.15, 0.2) is 48.5 Å². The molecule has 3 nitrogen and oxygen atoms in total. The quantitative estimate of drug-likeness (QED) is 0.887. The van der Waals surface area contributed by atoms with Crippen molar-refractivity contribution in [3.8, 4) is 11.1 Å².